The van der Waals surface area contributed by atoms with Crippen LogP contribution in [0.15, 0.2) is 41.7 Å². The molecular weight excluding hydrogens is 417 g/mol. The zero-order valence-electron chi connectivity index (χ0n) is 9.25. The van der Waals surface area contributed by atoms with Crippen molar-refractivity contribution >= 4 is 65.9 Å². The molecule has 0 saturated heterocycles. The summed E-state index contributed by atoms with van der Waals surface area (Å²) < 4.78 is 7.02. The lowest BCUT2D eigenvalue weighted by molar-refractivity contribution is 0.555. The van der Waals surface area contributed by atoms with E-state index >= 15 is 0 Å². The van der Waals surface area contributed by atoms with Crippen LogP contribution >= 0.6 is 54.8 Å². The fourth-order valence-electron chi connectivity index (χ4n) is 1.77. The summed E-state index contributed by atoms with van der Waals surface area (Å²) >= 11 is 14.9. The SMILES string of the molecule is O=c1[nH]c2ccc(C(Cl)c3cc(Br)c(Br)s3)cc2o1. The van der Waals surface area contributed by atoms with Crippen molar-refractivity contribution in [2.24, 2.45) is 0 Å². The maximum absolute atomic E-state index is 11.1. The lowest BCUT2D eigenvalue weighted by atomic mass is 10.1. The number of halogens is 3. The lowest BCUT2D eigenvalue weighted by Crippen LogP contribution is -1.92. The number of fused-ring (bicyclic) bond motifs is 1. The van der Waals surface area contributed by atoms with Gasteiger partial charge in [0.25, 0.3) is 0 Å². The molecule has 0 radical (unpaired) electrons. The first kappa shape index (κ1) is 13.4. The molecule has 1 N–H and O–H groups in total. The zero-order valence-corrected chi connectivity index (χ0v) is 14.0. The number of benzene rings is 1. The van der Waals surface area contributed by atoms with E-state index in [1.54, 1.807) is 23.5 Å². The average molecular weight is 424 g/mol. The number of hydrogen-bond acceptors (Lipinski definition) is 3. The number of thiophene rings is 1. The molecule has 1 unspecified atom stereocenters. The highest BCUT2D eigenvalue weighted by molar-refractivity contribution is 9.13. The van der Waals surface area contributed by atoms with Gasteiger partial charge < -0.3 is 4.42 Å². The third-order valence-electron chi connectivity index (χ3n) is 2.65. The first-order valence-electron chi connectivity index (χ1n) is 5.26. The highest BCUT2D eigenvalue weighted by Gasteiger charge is 2.16. The van der Waals surface area contributed by atoms with E-state index in [0.717, 1.165) is 18.7 Å². The van der Waals surface area contributed by atoms with E-state index in [1.165, 1.54) is 0 Å². The van der Waals surface area contributed by atoms with Crippen molar-refractivity contribution < 1.29 is 4.42 Å². The molecule has 3 nitrogen and oxygen atoms in total. The largest absolute Gasteiger partial charge is 0.417 e. The molecule has 98 valence electrons. The molecule has 0 fully saturated rings. The first-order chi connectivity index (χ1) is 9.04. The molecule has 0 amide bonds. The van der Waals surface area contributed by atoms with Gasteiger partial charge in [-0.2, -0.15) is 0 Å². The Morgan fingerprint density at radius 2 is 2.11 bits per heavy atom. The van der Waals surface area contributed by atoms with E-state index in [4.69, 9.17) is 16.0 Å². The molecule has 1 aromatic carbocycles. The summed E-state index contributed by atoms with van der Waals surface area (Å²) in [6, 6.07) is 7.44. The van der Waals surface area contributed by atoms with Gasteiger partial charge in [0.2, 0.25) is 0 Å². The molecule has 1 atom stereocenters. The van der Waals surface area contributed by atoms with Crippen molar-refractivity contribution in [3.05, 3.63) is 53.5 Å². The fourth-order valence-corrected chi connectivity index (χ4v) is 4.20. The van der Waals surface area contributed by atoms with Crippen LogP contribution in [-0.2, 0) is 0 Å². The van der Waals surface area contributed by atoms with Crippen LogP contribution in [0.4, 0.5) is 0 Å². The van der Waals surface area contributed by atoms with Crippen LogP contribution in [-0.4, -0.2) is 4.98 Å². The third kappa shape index (κ3) is 2.54. The van der Waals surface area contributed by atoms with E-state index in [-0.39, 0.29) is 5.38 Å². The Morgan fingerprint density at radius 3 is 2.79 bits per heavy atom. The van der Waals surface area contributed by atoms with E-state index in [2.05, 4.69) is 36.8 Å². The first-order valence-corrected chi connectivity index (χ1v) is 8.10. The van der Waals surface area contributed by atoms with Crippen molar-refractivity contribution in [3.63, 3.8) is 0 Å². The van der Waals surface area contributed by atoms with Gasteiger partial charge in [0.15, 0.2) is 5.58 Å². The Kier molecular flexibility index (Phi) is 3.59. The quantitative estimate of drug-likeness (QED) is 0.587. The van der Waals surface area contributed by atoms with Crippen LogP contribution < -0.4 is 5.76 Å². The van der Waals surface area contributed by atoms with Gasteiger partial charge >= 0.3 is 5.76 Å². The number of H-pyrrole nitrogens is 1. The monoisotopic (exact) mass is 421 g/mol. The van der Waals surface area contributed by atoms with Crippen molar-refractivity contribution in [2.75, 3.05) is 0 Å². The molecule has 3 rings (SSSR count). The molecule has 0 saturated carbocycles. The van der Waals surface area contributed by atoms with Gasteiger partial charge in [0, 0.05) is 9.35 Å². The molecule has 19 heavy (non-hydrogen) atoms. The van der Waals surface area contributed by atoms with Crippen LogP contribution in [0.2, 0.25) is 0 Å². The van der Waals surface area contributed by atoms with Gasteiger partial charge in [-0.05, 0) is 55.6 Å². The molecule has 3 aromatic rings. The summed E-state index contributed by atoms with van der Waals surface area (Å²) in [5, 5.41) is -0.280. The molecule has 0 aliphatic rings. The minimum Gasteiger partial charge on any atom is -0.408 e. The van der Waals surface area contributed by atoms with E-state index in [0.29, 0.717) is 11.1 Å². The van der Waals surface area contributed by atoms with Crippen LogP contribution in [0.25, 0.3) is 11.1 Å². The van der Waals surface area contributed by atoms with Gasteiger partial charge in [0.05, 0.1) is 14.7 Å². The number of aromatic amines is 1. The summed E-state index contributed by atoms with van der Waals surface area (Å²) in [5.41, 5.74) is 2.08. The topological polar surface area (TPSA) is 46.0 Å². The van der Waals surface area contributed by atoms with Crippen molar-refractivity contribution in [1.82, 2.24) is 4.98 Å². The van der Waals surface area contributed by atoms with E-state index in [9.17, 15) is 4.79 Å². The van der Waals surface area contributed by atoms with Gasteiger partial charge in [-0.25, -0.2) is 4.79 Å². The molecule has 2 heterocycles. The summed E-state index contributed by atoms with van der Waals surface area (Å²) in [7, 11) is 0. The van der Waals surface area contributed by atoms with Crippen LogP contribution in [0.1, 0.15) is 15.8 Å². The smallest absolute Gasteiger partial charge is 0.408 e. The number of rotatable bonds is 2. The molecule has 0 bridgehead atoms. The standard InChI is InChI=1S/C12H6Br2ClNO2S/c13-6-4-9(19-11(6)14)10(15)5-1-2-7-8(3-5)18-12(17)16-7/h1-4,10H,(H,16,17). The number of hydrogen-bond donors (Lipinski definition) is 1. The summed E-state index contributed by atoms with van der Waals surface area (Å²) in [4.78, 5) is 14.7. The fraction of sp³-hybridized carbons (Fsp3) is 0.0833. The highest BCUT2D eigenvalue weighted by atomic mass is 79.9. The number of alkyl halides is 1. The van der Waals surface area contributed by atoms with E-state index < -0.39 is 5.76 Å². The summed E-state index contributed by atoms with van der Waals surface area (Å²) in [5.74, 6) is -0.458. The van der Waals surface area contributed by atoms with Crippen LogP contribution in [0.5, 0.6) is 0 Å². The van der Waals surface area contributed by atoms with Crippen molar-refractivity contribution in [2.45, 2.75) is 5.38 Å². The predicted molar refractivity (Wildman–Crippen MR) is 84.2 cm³/mol. The Balaban J connectivity index is 2.05. The van der Waals surface area contributed by atoms with Gasteiger partial charge in [-0.15, -0.1) is 22.9 Å². The zero-order chi connectivity index (χ0) is 13.6. The lowest BCUT2D eigenvalue weighted by Gasteiger charge is -2.06. The number of aromatic nitrogens is 1. The normalized spacial score (nSPS) is 13.0. The highest BCUT2D eigenvalue weighted by Crippen LogP contribution is 2.40. The average Bonchev–Trinajstić information content (AvgIpc) is 2.90. The second-order valence-electron chi connectivity index (χ2n) is 3.90. The van der Waals surface area contributed by atoms with Crippen molar-refractivity contribution in [3.8, 4) is 0 Å². The van der Waals surface area contributed by atoms with Gasteiger partial charge in [-0.1, -0.05) is 6.07 Å². The van der Waals surface area contributed by atoms with Crippen LogP contribution in [0.3, 0.4) is 0 Å². The maximum Gasteiger partial charge on any atom is 0.417 e. The van der Waals surface area contributed by atoms with Gasteiger partial charge in [0.1, 0.15) is 0 Å². The minimum absolute atomic E-state index is 0.280. The molecule has 0 aliphatic heterocycles. The Bertz CT molecular complexity index is 788. The Hall–Kier alpha value is -0.560. The predicted octanol–water partition coefficient (Wildman–Crippen LogP) is 5.04. The Morgan fingerprint density at radius 1 is 1.32 bits per heavy atom. The minimum atomic E-state index is -0.458. The molecule has 7 heteroatoms. The molecular formula is C12H6Br2ClNO2S. The number of oxazole rings is 1. The maximum atomic E-state index is 11.1. The summed E-state index contributed by atoms with van der Waals surface area (Å²) in [6.07, 6.45) is 0. The molecule has 0 aliphatic carbocycles. The summed E-state index contributed by atoms with van der Waals surface area (Å²) in [6.45, 7) is 0. The van der Waals surface area contributed by atoms with Crippen molar-refractivity contribution in [1.29, 1.82) is 0 Å². The number of nitrogens with one attached hydrogen (secondary N) is 1. The second kappa shape index (κ2) is 5.09. The molecule has 2 aromatic heterocycles. The van der Waals surface area contributed by atoms with Crippen LogP contribution in [0, 0.1) is 0 Å². The van der Waals surface area contributed by atoms with Gasteiger partial charge in [-0.3, -0.25) is 4.98 Å². The van der Waals surface area contributed by atoms with E-state index in [1.807, 2.05) is 12.1 Å². The Labute approximate surface area is 133 Å². The molecule has 0 spiro atoms. The third-order valence-corrected chi connectivity index (χ3v) is 6.59. The second-order valence-corrected chi connectivity index (χ2v) is 7.60.